The summed E-state index contributed by atoms with van der Waals surface area (Å²) in [5.41, 5.74) is 0. The summed E-state index contributed by atoms with van der Waals surface area (Å²) in [5, 5.41) is 3.21. The van der Waals surface area contributed by atoms with Gasteiger partial charge in [-0.25, -0.2) is 8.42 Å². The lowest BCUT2D eigenvalue weighted by Crippen LogP contribution is -2.57. The third kappa shape index (κ3) is 4.09. The molecule has 0 amide bonds. The first-order valence-electron chi connectivity index (χ1n) is 5.74. The number of sulfone groups is 1. The summed E-state index contributed by atoms with van der Waals surface area (Å²) in [6.07, 6.45) is 0.722. The van der Waals surface area contributed by atoms with E-state index in [4.69, 9.17) is 0 Å². The van der Waals surface area contributed by atoms with Gasteiger partial charge in [0.15, 0.2) is 9.84 Å². The average molecular weight is 234 g/mol. The first-order valence-corrected chi connectivity index (χ1v) is 7.56. The molecule has 0 aromatic rings. The highest BCUT2D eigenvalue weighted by Crippen LogP contribution is 2.05. The highest BCUT2D eigenvalue weighted by Gasteiger charge is 2.24. The predicted molar refractivity (Wildman–Crippen MR) is 62.8 cm³/mol. The molecule has 0 atom stereocenters. The van der Waals surface area contributed by atoms with Crippen LogP contribution in [0.4, 0.5) is 0 Å². The molecule has 90 valence electrons. The summed E-state index contributed by atoms with van der Waals surface area (Å²) < 4.78 is 23.1. The molecule has 0 aliphatic carbocycles. The molecule has 1 saturated heterocycles. The summed E-state index contributed by atoms with van der Waals surface area (Å²) in [5.74, 6) is 0.638. The Labute approximate surface area is 93.0 Å². The van der Waals surface area contributed by atoms with Crippen LogP contribution in [0.5, 0.6) is 0 Å². The Balaban J connectivity index is 2.33. The van der Waals surface area contributed by atoms with E-state index < -0.39 is 9.84 Å². The summed E-state index contributed by atoms with van der Waals surface area (Å²) in [4.78, 5) is 2.25. The SMILES string of the molecule is CCCS(=O)(=O)CCN(CC)C1CNC1. The Morgan fingerprint density at radius 3 is 2.33 bits per heavy atom. The summed E-state index contributed by atoms with van der Waals surface area (Å²) >= 11 is 0. The van der Waals surface area contributed by atoms with Crippen molar-refractivity contribution in [1.29, 1.82) is 0 Å². The maximum Gasteiger partial charge on any atom is 0.151 e. The van der Waals surface area contributed by atoms with E-state index in [1.54, 1.807) is 0 Å². The normalized spacial score (nSPS) is 18.1. The van der Waals surface area contributed by atoms with Crippen molar-refractivity contribution < 1.29 is 8.42 Å². The fourth-order valence-electron chi connectivity index (χ4n) is 1.80. The minimum Gasteiger partial charge on any atom is -0.314 e. The lowest BCUT2D eigenvalue weighted by molar-refractivity contribution is 0.161. The van der Waals surface area contributed by atoms with Gasteiger partial charge in [-0.1, -0.05) is 13.8 Å². The van der Waals surface area contributed by atoms with E-state index in [0.29, 0.717) is 24.1 Å². The van der Waals surface area contributed by atoms with Crippen LogP contribution in [0.25, 0.3) is 0 Å². The van der Waals surface area contributed by atoms with Gasteiger partial charge in [0.1, 0.15) is 0 Å². The maximum atomic E-state index is 11.5. The molecular formula is C10H22N2O2S. The van der Waals surface area contributed by atoms with Crippen molar-refractivity contribution in [3.8, 4) is 0 Å². The molecule has 1 heterocycles. The van der Waals surface area contributed by atoms with Gasteiger partial charge < -0.3 is 5.32 Å². The van der Waals surface area contributed by atoms with Crippen LogP contribution < -0.4 is 5.32 Å². The summed E-state index contributed by atoms with van der Waals surface area (Å²) in [6.45, 7) is 7.62. The van der Waals surface area contributed by atoms with Crippen molar-refractivity contribution in [3.63, 3.8) is 0 Å². The van der Waals surface area contributed by atoms with Gasteiger partial charge in [-0.05, 0) is 13.0 Å². The van der Waals surface area contributed by atoms with E-state index in [-0.39, 0.29) is 0 Å². The molecule has 1 fully saturated rings. The monoisotopic (exact) mass is 234 g/mol. The van der Waals surface area contributed by atoms with Crippen LogP contribution >= 0.6 is 0 Å². The Hall–Kier alpha value is -0.130. The number of nitrogens with one attached hydrogen (secondary N) is 1. The average Bonchev–Trinajstić information content (AvgIpc) is 2.08. The van der Waals surface area contributed by atoms with Crippen molar-refractivity contribution >= 4 is 9.84 Å². The van der Waals surface area contributed by atoms with Gasteiger partial charge in [0.25, 0.3) is 0 Å². The Morgan fingerprint density at radius 2 is 1.93 bits per heavy atom. The van der Waals surface area contributed by atoms with E-state index in [2.05, 4.69) is 17.1 Å². The molecule has 4 nitrogen and oxygen atoms in total. The third-order valence-electron chi connectivity index (χ3n) is 2.89. The largest absolute Gasteiger partial charge is 0.314 e. The number of likely N-dealkylation sites (N-methyl/N-ethyl adjacent to an activating group) is 1. The maximum absolute atomic E-state index is 11.5. The van der Waals surface area contributed by atoms with Crippen molar-refractivity contribution in [3.05, 3.63) is 0 Å². The zero-order chi connectivity index (χ0) is 11.3. The van der Waals surface area contributed by atoms with E-state index in [1.807, 2.05) is 6.92 Å². The van der Waals surface area contributed by atoms with Crippen molar-refractivity contribution in [2.24, 2.45) is 0 Å². The molecule has 1 rings (SSSR count). The van der Waals surface area contributed by atoms with E-state index in [9.17, 15) is 8.42 Å². The summed E-state index contributed by atoms with van der Waals surface area (Å²) in [6, 6.07) is 0.548. The van der Waals surface area contributed by atoms with Gasteiger partial charge in [0.2, 0.25) is 0 Å². The van der Waals surface area contributed by atoms with Gasteiger partial charge in [0, 0.05) is 31.4 Å². The first-order chi connectivity index (χ1) is 7.09. The zero-order valence-corrected chi connectivity index (χ0v) is 10.5. The lowest BCUT2D eigenvalue weighted by Gasteiger charge is -2.37. The van der Waals surface area contributed by atoms with Crippen molar-refractivity contribution in [2.75, 3.05) is 37.7 Å². The van der Waals surface area contributed by atoms with Crippen LogP contribution in [0.1, 0.15) is 20.3 Å². The second-order valence-electron chi connectivity index (χ2n) is 4.09. The van der Waals surface area contributed by atoms with Crippen LogP contribution in [0.3, 0.4) is 0 Å². The molecule has 0 aromatic heterocycles. The third-order valence-corrected chi connectivity index (χ3v) is 4.72. The molecule has 0 saturated carbocycles. The van der Waals surface area contributed by atoms with Gasteiger partial charge in [0.05, 0.1) is 5.75 Å². The number of hydrogen-bond acceptors (Lipinski definition) is 4. The molecule has 1 aliphatic rings. The second kappa shape index (κ2) is 5.82. The van der Waals surface area contributed by atoms with Gasteiger partial charge >= 0.3 is 0 Å². The standard InChI is InChI=1S/C10H22N2O2S/c1-3-6-15(13,14)7-5-12(4-2)10-8-11-9-10/h10-11H,3-9H2,1-2H3. The van der Waals surface area contributed by atoms with Crippen molar-refractivity contribution in [2.45, 2.75) is 26.3 Å². The highest BCUT2D eigenvalue weighted by atomic mass is 32.2. The molecule has 15 heavy (non-hydrogen) atoms. The van der Waals surface area contributed by atoms with E-state index >= 15 is 0 Å². The molecule has 0 radical (unpaired) electrons. The summed E-state index contributed by atoms with van der Waals surface area (Å²) in [7, 11) is -2.82. The molecule has 0 spiro atoms. The number of rotatable bonds is 7. The van der Waals surface area contributed by atoms with Gasteiger partial charge in [-0.15, -0.1) is 0 Å². The number of nitrogens with zero attached hydrogens (tertiary/aromatic N) is 1. The van der Waals surface area contributed by atoms with Crippen LogP contribution in [0.2, 0.25) is 0 Å². The Morgan fingerprint density at radius 1 is 1.27 bits per heavy atom. The van der Waals surface area contributed by atoms with Crippen LogP contribution in [0.15, 0.2) is 0 Å². The van der Waals surface area contributed by atoms with E-state index in [1.165, 1.54) is 0 Å². The molecule has 1 aliphatic heterocycles. The van der Waals surface area contributed by atoms with E-state index in [0.717, 1.165) is 26.1 Å². The molecule has 1 N–H and O–H groups in total. The fraction of sp³-hybridized carbons (Fsp3) is 1.00. The Bertz CT molecular complexity index is 273. The zero-order valence-electron chi connectivity index (χ0n) is 9.70. The second-order valence-corrected chi connectivity index (χ2v) is 6.40. The number of hydrogen-bond donors (Lipinski definition) is 1. The van der Waals surface area contributed by atoms with Crippen molar-refractivity contribution in [1.82, 2.24) is 10.2 Å². The lowest BCUT2D eigenvalue weighted by atomic mass is 10.1. The van der Waals surface area contributed by atoms with Gasteiger partial charge in [-0.2, -0.15) is 0 Å². The topological polar surface area (TPSA) is 49.4 Å². The molecular weight excluding hydrogens is 212 g/mol. The molecule has 5 heteroatoms. The quantitative estimate of drug-likeness (QED) is 0.679. The molecule has 0 bridgehead atoms. The minimum atomic E-state index is -2.82. The minimum absolute atomic E-state index is 0.311. The predicted octanol–water partition coefficient (Wildman–Crippen LogP) is 0.105. The molecule has 0 aromatic carbocycles. The fourth-order valence-corrected chi connectivity index (χ4v) is 3.14. The first kappa shape index (κ1) is 12.9. The van der Waals surface area contributed by atoms with Crippen LogP contribution in [0, 0.1) is 0 Å². The van der Waals surface area contributed by atoms with Crippen LogP contribution in [-0.2, 0) is 9.84 Å². The highest BCUT2D eigenvalue weighted by molar-refractivity contribution is 7.91. The van der Waals surface area contributed by atoms with Crippen LogP contribution in [-0.4, -0.2) is 57.0 Å². The smallest absolute Gasteiger partial charge is 0.151 e. The molecule has 0 unspecified atom stereocenters. The van der Waals surface area contributed by atoms with Gasteiger partial charge in [-0.3, -0.25) is 4.90 Å². The Kier molecular flexibility index (Phi) is 5.02.